The van der Waals surface area contributed by atoms with Crippen molar-refractivity contribution in [3.63, 3.8) is 0 Å². The van der Waals surface area contributed by atoms with Crippen molar-refractivity contribution in [2.45, 2.75) is 0 Å². The average molecular weight is 233 g/mol. The molecule has 10 heteroatoms. The molecule has 82 valence electrons. The van der Waals surface area contributed by atoms with Crippen molar-refractivity contribution in [2.75, 3.05) is 5.73 Å². The zero-order valence-electron chi connectivity index (χ0n) is 7.19. The molecule has 0 saturated heterocycles. The number of nitrogen functional groups attached to an aromatic ring is 1. The van der Waals surface area contributed by atoms with E-state index in [0.29, 0.717) is 17.0 Å². The van der Waals surface area contributed by atoms with Gasteiger partial charge in [0, 0.05) is 0 Å². The lowest BCUT2D eigenvalue weighted by molar-refractivity contribution is 0.381. The summed E-state index contributed by atoms with van der Waals surface area (Å²) in [5, 5.41) is 0. The number of hydrogen-bond acceptors (Lipinski definition) is 6. The Labute approximate surface area is 84.0 Å². The molecule has 0 radical (unpaired) electrons. The summed E-state index contributed by atoms with van der Waals surface area (Å²) in [7, 11) is -4.67. The van der Waals surface area contributed by atoms with Gasteiger partial charge in [-0.15, -0.1) is 0 Å². The number of nitrogens with one attached hydrogen (secondary N) is 1. The highest BCUT2D eigenvalue weighted by molar-refractivity contribution is 7.79. The van der Waals surface area contributed by atoms with E-state index in [2.05, 4.69) is 19.9 Å². The predicted molar refractivity (Wildman–Crippen MR) is 50.3 cm³/mol. The van der Waals surface area contributed by atoms with Gasteiger partial charge in [-0.2, -0.15) is 8.42 Å². The number of aromatic amines is 1. The molecule has 0 fully saturated rings. The summed E-state index contributed by atoms with van der Waals surface area (Å²) in [4.78, 5) is 14.4. The van der Waals surface area contributed by atoms with Crippen molar-refractivity contribution in [2.24, 2.45) is 0 Å². The van der Waals surface area contributed by atoms with E-state index < -0.39 is 10.4 Å². The van der Waals surface area contributed by atoms with Gasteiger partial charge in [-0.05, 0) is 0 Å². The smallest absolute Gasteiger partial charge is 0.382 e. The molecule has 2 aromatic heterocycles. The number of rotatable bonds is 0. The van der Waals surface area contributed by atoms with Crippen LogP contribution in [0.2, 0.25) is 0 Å². The van der Waals surface area contributed by atoms with Crippen LogP contribution in [0.5, 0.6) is 0 Å². The van der Waals surface area contributed by atoms with Gasteiger partial charge in [-0.1, -0.05) is 0 Å². The first-order chi connectivity index (χ1) is 6.88. The lowest BCUT2D eigenvalue weighted by atomic mass is 10.5. The second-order valence-electron chi connectivity index (χ2n) is 2.31. The van der Waals surface area contributed by atoms with Crippen molar-refractivity contribution in [3.8, 4) is 0 Å². The minimum absolute atomic E-state index is 0.433. The zero-order chi connectivity index (χ0) is 11.5. The van der Waals surface area contributed by atoms with Gasteiger partial charge >= 0.3 is 10.4 Å². The lowest BCUT2D eigenvalue weighted by Crippen LogP contribution is -1.91. The van der Waals surface area contributed by atoms with Gasteiger partial charge in [0.15, 0.2) is 11.5 Å². The van der Waals surface area contributed by atoms with Crippen LogP contribution in [0.1, 0.15) is 0 Å². The van der Waals surface area contributed by atoms with Crippen LogP contribution < -0.4 is 5.73 Å². The summed E-state index contributed by atoms with van der Waals surface area (Å²) in [6, 6.07) is 0. The highest BCUT2D eigenvalue weighted by atomic mass is 32.3. The third-order valence-electron chi connectivity index (χ3n) is 1.25. The quantitative estimate of drug-likeness (QED) is 0.434. The number of aromatic nitrogens is 4. The minimum Gasteiger partial charge on any atom is -0.382 e. The fourth-order valence-electron chi connectivity index (χ4n) is 0.784. The first-order valence-electron chi connectivity index (χ1n) is 3.47. The van der Waals surface area contributed by atoms with Gasteiger partial charge in [-0.3, -0.25) is 9.11 Å². The average Bonchev–Trinajstić information content (AvgIpc) is 2.49. The number of H-pyrrole nitrogens is 1. The fraction of sp³-hybridized carbons (Fsp3) is 0. The van der Waals surface area contributed by atoms with Crippen molar-refractivity contribution in [3.05, 3.63) is 12.7 Å². The van der Waals surface area contributed by atoms with E-state index in [4.69, 9.17) is 23.3 Å². The highest BCUT2D eigenvalue weighted by Gasteiger charge is 1.99. The van der Waals surface area contributed by atoms with Crippen LogP contribution in [0.3, 0.4) is 0 Å². The molecule has 0 bridgehead atoms. The predicted octanol–water partition coefficient (Wildman–Crippen LogP) is -0.718. The van der Waals surface area contributed by atoms with E-state index in [1.54, 1.807) is 0 Å². The normalized spacial score (nSPS) is 10.8. The molecule has 15 heavy (non-hydrogen) atoms. The summed E-state index contributed by atoms with van der Waals surface area (Å²) in [5.41, 5.74) is 6.78. The summed E-state index contributed by atoms with van der Waals surface area (Å²) in [5.74, 6) is 0.433. The lowest BCUT2D eigenvalue weighted by Gasteiger charge is -1.89. The first kappa shape index (κ1) is 11.3. The standard InChI is InChI=1S/C5H5N5.H2O4S/c6-4-3-5(9-1-7-3)10-2-8-4;1-5(2,3)4/h1-2H,(H3,6,7,8,9,10);(H2,1,2,3,4). The molecule has 2 rings (SSSR count). The van der Waals surface area contributed by atoms with Crippen LogP contribution in [-0.4, -0.2) is 37.5 Å². The number of imidazole rings is 1. The highest BCUT2D eigenvalue weighted by Crippen LogP contribution is 2.09. The summed E-state index contributed by atoms with van der Waals surface area (Å²) in [6.45, 7) is 0. The van der Waals surface area contributed by atoms with Crippen LogP contribution in [0, 0.1) is 0 Å². The maximum absolute atomic E-state index is 8.74. The molecule has 0 spiro atoms. The Morgan fingerprint density at radius 2 is 1.87 bits per heavy atom. The van der Waals surface area contributed by atoms with E-state index >= 15 is 0 Å². The third kappa shape index (κ3) is 3.84. The van der Waals surface area contributed by atoms with Crippen LogP contribution in [0.15, 0.2) is 12.7 Å². The Hall–Kier alpha value is -1.78. The number of fused-ring (bicyclic) bond motifs is 1. The number of nitrogens with two attached hydrogens (primary N) is 1. The molecule has 0 aliphatic rings. The molecule has 2 heterocycles. The SMILES string of the molecule is Nc1ncnc2nc[nH]c12.O=S(=O)(O)O. The molecule has 9 nitrogen and oxygen atoms in total. The van der Waals surface area contributed by atoms with E-state index in [-0.39, 0.29) is 0 Å². The molecule has 0 unspecified atom stereocenters. The minimum atomic E-state index is -4.67. The molecule has 2 aromatic rings. The number of hydrogen-bond donors (Lipinski definition) is 4. The second-order valence-corrected chi connectivity index (χ2v) is 3.20. The van der Waals surface area contributed by atoms with Gasteiger partial charge in [0.1, 0.15) is 11.8 Å². The van der Waals surface area contributed by atoms with E-state index in [1.807, 2.05) is 0 Å². The van der Waals surface area contributed by atoms with E-state index in [9.17, 15) is 0 Å². The Bertz CT molecular complexity index is 541. The van der Waals surface area contributed by atoms with Crippen molar-refractivity contribution in [1.82, 2.24) is 19.9 Å². The molecule has 0 aliphatic carbocycles. The Balaban J connectivity index is 0.000000195. The Morgan fingerprint density at radius 3 is 2.40 bits per heavy atom. The third-order valence-corrected chi connectivity index (χ3v) is 1.25. The second kappa shape index (κ2) is 4.16. The van der Waals surface area contributed by atoms with Crippen LogP contribution >= 0.6 is 0 Å². The van der Waals surface area contributed by atoms with Crippen LogP contribution in [0.25, 0.3) is 11.2 Å². The van der Waals surface area contributed by atoms with E-state index in [1.165, 1.54) is 12.7 Å². The Morgan fingerprint density at radius 1 is 1.27 bits per heavy atom. The monoisotopic (exact) mass is 233 g/mol. The van der Waals surface area contributed by atoms with Gasteiger partial charge in [0.05, 0.1) is 6.33 Å². The summed E-state index contributed by atoms with van der Waals surface area (Å²) in [6.07, 6.45) is 2.92. The van der Waals surface area contributed by atoms with Gasteiger partial charge in [0.2, 0.25) is 0 Å². The van der Waals surface area contributed by atoms with Gasteiger partial charge in [0.25, 0.3) is 0 Å². The van der Waals surface area contributed by atoms with Crippen LogP contribution in [-0.2, 0) is 10.4 Å². The molecule has 0 aliphatic heterocycles. The molecule has 0 atom stereocenters. The zero-order valence-corrected chi connectivity index (χ0v) is 8.01. The summed E-state index contributed by atoms with van der Waals surface area (Å²) >= 11 is 0. The Kier molecular flexibility index (Phi) is 3.14. The van der Waals surface area contributed by atoms with Crippen molar-refractivity contribution < 1.29 is 17.5 Å². The molecule has 5 N–H and O–H groups in total. The molecular formula is C5H7N5O4S. The van der Waals surface area contributed by atoms with Gasteiger partial charge < -0.3 is 10.7 Å². The molecule has 0 saturated carbocycles. The maximum atomic E-state index is 8.74. The topological polar surface area (TPSA) is 155 Å². The maximum Gasteiger partial charge on any atom is 0.394 e. The molecular weight excluding hydrogens is 226 g/mol. The van der Waals surface area contributed by atoms with Crippen molar-refractivity contribution in [1.29, 1.82) is 0 Å². The van der Waals surface area contributed by atoms with Crippen molar-refractivity contribution >= 4 is 27.4 Å². The molecule has 0 amide bonds. The first-order valence-corrected chi connectivity index (χ1v) is 4.87. The molecule has 0 aromatic carbocycles. The van der Waals surface area contributed by atoms with Gasteiger partial charge in [-0.25, -0.2) is 15.0 Å². The largest absolute Gasteiger partial charge is 0.394 e. The number of anilines is 1. The number of nitrogens with zero attached hydrogens (tertiary/aromatic N) is 3. The van der Waals surface area contributed by atoms with E-state index in [0.717, 1.165) is 0 Å². The fourth-order valence-corrected chi connectivity index (χ4v) is 0.784. The summed E-state index contributed by atoms with van der Waals surface area (Å²) < 4.78 is 31.6. The van der Waals surface area contributed by atoms with Crippen LogP contribution in [0.4, 0.5) is 5.82 Å².